The van der Waals surface area contributed by atoms with Crippen LogP contribution in [0.5, 0.6) is 0 Å². The fraction of sp³-hybridized carbons (Fsp3) is 0.455. The Morgan fingerprint density at radius 1 is 1.46 bits per heavy atom. The molecule has 0 heterocycles. The van der Waals surface area contributed by atoms with Crippen LogP contribution in [0.1, 0.15) is 30.4 Å². The molecule has 72 valence electrons. The van der Waals surface area contributed by atoms with Crippen molar-refractivity contribution in [3.8, 4) is 0 Å². The van der Waals surface area contributed by atoms with E-state index in [-0.39, 0.29) is 0 Å². The zero-order valence-corrected chi connectivity index (χ0v) is 10.3. The Balaban J connectivity index is 2.93. The van der Waals surface area contributed by atoms with E-state index in [0.717, 1.165) is 12.3 Å². The van der Waals surface area contributed by atoms with Gasteiger partial charge in [0.15, 0.2) is 0 Å². The van der Waals surface area contributed by atoms with Crippen molar-refractivity contribution >= 4 is 27.5 Å². The summed E-state index contributed by atoms with van der Waals surface area (Å²) in [5.41, 5.74) is 2.73. The molecule has 2 heteroatoms. The van der Waals surface area contributed by atoms with Gasteiger partial charge in [0.2, 0.25) is 0 Å². The third-order valence-corrected chi connectivity index (χ3v) is 3.46. The van der Waals surface area contributed by atoms with Crippen molar-refractivity contribution in [1.82, 2.24) is 0 Å². The minimum Gasteiger partial charge on any atom is -0.127 e. The molecule has 1 aromatic carbocycles. The lowest BCUT2D eigenvalue weighted by Crippen LogP contribution is -1.97. The molecule has 1 unspecified atom stereocenters. The number of hydrogen-bond acceptors (Lipinski definition) is 0. The van der Waals surface area contributed by atoms with Gasteiger partial charge in [-0.1, -0.05) is 35.0 Å². The van der Waals surface area contributed by atoms with E-state index < -0.39 is 0 Å². The zero-order valence-electron chi connectivity index (χ0n) is 7.98. The van der Waals surface area contributed by atoms with E-state index in [4.69, 9.17) is 11.6 Å². The Bertz CT molecular complexity index is 283. The fourth-order valence-electron chi connectivity index (χ4n) is 1.48. The van der Waals surface area contributed by atoms with E-state index in [1.54, 1.807) is 0 Å². The van der Waals surface area contributed by atoms with Gasteiger partial charge in [-0.05, 0) is 36.5 Å². The molecule has 0 nitrogen and oxygen atoms in total. The summed E-state index contributed by atoms with van der Waals surface area (Å²) in [6.07, 6.45) is 1.04. The van der Waals surface area contributed by atoms with E-state index in [1.807, 2.05) is 0 Å². The second kappa shape index (κ2) is 5.02. The van der Waals surface area contributed by atoms with Gasteiger partial charge in [0.1, 0.15) is 0 Å². The molecule has 0 aliphatic carbocycles. The van der Waals surface area contributed by atoms with Crippen LogP contribution in [-0.2, 0) is 0 Å². The smallest absolute Gasteiger partial charge is 0.0229 e. The normalized spacial score (nSPS) is 12.9. The molecule has 1 rings (SSSR count). The quantitative estimate of drug-likeness (QED) is 0.703. The summed E-state index contributed by atoms with van der Waals surface area (Å²) in [7, 11) is 0. The van der Waals surface area contributed by atoms with E-state index >= 15 is 0 Å². The first kappa shape index (κ1) is 11.1. The Kier molecular flexibility index (Phi) is 4.27. The van der Waals surface area contributed by atoms with E-state index in [0.29, 0.717) is 5.92 Å². The Morgan fingerprint density at radius 2 is 2.15 bits per heavy atom. The predicted octanol–water partition coefficient (Wildman–Crippen LogP) is 4.49. The van der Waals surface area contributed by atoms with Crippen molar-refractivity contribution < 1.29 is 0 Å². The number of halogens is 2. The molecular formula is C11H14BrCl. The molecule has 0 bridgehead atoms. The van der Waals surface area contributed by atoms with Crippen LogP contribution in [0.4, 0.5) is 0 Å². The monoisotopic (exact) mass is 260 g/mol. The molecule has 1 aromatic rings. The van der Waals surface area contributed by atoms with E-state index in [2.05, 4.69) is 48.0 Å². The Hall–Kier alpha value is -0.0100. The highest BCUT2D eigenvalue weighted by Gasteiger charge is 2.08. The lowest BCUT2D eigenvalue weighted by atomic mass is 9.94. The maximum Gasteiger partial charge on any atom is 0.0229 e. The molecule has 0 aliphatic heterocycles. The van der Waals surface area contributed by atoms with Crippen LogP contribution < -0.4 is 0 Å². The minimum absolute atomic E-state index is 0.551. The third kappa shape index (κ3) is 2.72. The van der Waals surface area contributed by atoms with Gasteiger partial charge in [0, 0.05) is 10.4 Å². The summed E-state index contributed by atoms with van der Waals surface area (Å²) in [6.45, 7) is 4.36. The Labute approximate surface area is 93.4 Å². The molecular weight excluding hydrogens is 247 g/mol. The van der Waals surface area contributed by atoms with E-state index in [1.165, 1.54) is 15.6 Å². The predicted molar refractivity (Wildman–Crippen MR) is 62.6 cm³/mol. The summed E-state index contributed by atoms with van der Waals surface area (Å²) >= 11 is 9.26. The van der Waals surface area contributed by atoms with Crippen molar-refractivity contribution in [3.63, 3.8) is 0 Å². The molecule has 13 heavy (non-hydrogen) atoms. The Morgan fingerprint density at radius 3 is 2.77 bits per heavy atom. The maximum absolute atomic E-state index is 5.73. The highest BCUT2D eigenvalue weighted by Crippen LogP contribution is 2.27. The van der Waals surface area contributed by atoms with Crippen LogP contribution in [0, 0.1) is 6.92 Å². The lowest BCUT2D eigenvalue weighted by molar-refractivity contribution is 0.732. The van der Waals surface area contributed by atoms with Gasteiger partial charge in [0.05, 0.1) is 0 Å². The highest BCUT2D eigenvalue weighted by atomic mass is 79.9. The third-order valence-electron chi connectivity index (χ3n) is 2.38. The number of alkyl halides is 1. The molecule has 0 aromatic heterocycles. The molecule has 0 radical (unpaired) electrons. The zero-order chi connectivity index (χ0) is 9.84. The number of rotatable bonds is 3. The summed E-state index contributed by atoms with van der Waals surface area (Å²) in [6, 6.07) is 6.33. The highest BCUT2D eigenvalue weighted by molar-refractivity contribution is 9.10. The van der Waals surface area contributed by atoms with Crippen molar-refractivity contribution in [2.24, 2.45) is 0 Å². The summed E-state index contributed by atoms with van der Waals surface area (Å²) in [5.74, 6) is 1.28. The SMILES string of the molecule is Cc1c(Br)cccc1C(C)CCCl. The molecule has 0 N–H and O–H groups in total. The van der Waals surface area contributed by atoms with Gasteiger partial charge in [-0.15, -0.1) is 11.6 Å². The van der Waals surface area contributed by atoms with Gasteiger partial charge < -0.3 is 0 Å². The van der Waals surface area contributed by atoms with Gasteiger partial charge in [-0.25, -0.2) is 0 Å². The van der Waals surface area contributed by atoms with Crippen molar-refractivity contribution in [1.29, 1.82) is 0 Å². The molecule has 0 saturated carbocycles. The first-order valence-electron chi connectivity index (χ1n) is 4.47. The van der Waals surface area contributed by atoms with Crippen molar-refractivity contribution in [3.05, 3.63) is 33.8 Å². The maximum atomic E-state index is 5.73. The van der Waals surface area contributed by atoms with Crippen molar-refractivity contribution in [2.75, 3.05) is 5.88 Å². The van der Waals surface area contributed by atoms with Crippen LogP contribution in [-0.4, -0.2) is 5.88 Å². The van der Waals surface area contributed by atoms with Crippen molar-refractivity contribution in [2.45, 2.75) is 26.2 Å². The second-order valence-electron chi connectivity index (χ2n) is 3.33. The largest absolute Gasteiger partial charge is 0.127 e. The van der Waals surface area contributed by atoms with Gasteiger partial charge in [-0.2, -0.15) is 0 Å². The summed E-state index contributed by atoms with van der Waals surface area (Å²) in [4.78, 5) is 0. The van der Waals surface area contributed by atoms with Gasteiger partial charge in [-0.3, -0.25) is 0 Å². The average molecular weight is 262 g/mol. The van der Waals surface area contributed by atoms with Crippen LogP contribution >= 0.6 is 27.5 Å². The topological polar surface area (TPSA) is 0 Å². The molecule has 0 spiro atoms. The fourth-order valence-corrected chi connectivity index (χ4v) is 2.19. The van der Waals surface area contributed by atoms with Gasteiger partial charge >= 0.3 is 0 Å². The van der Waals surface area contributed by atoms with Crippen LogP contribution in [0.15, 0.2) is 22.7 Å². The first-order chi connectivity index (χ1) is 6.16. The van der Waals surface area contributed by atoms with Crippen LogP contribution in [0.2, 0.25) is 0 Å². The molecule has 1 atom stereocenters. The molecule has 0 fully saturated rings. The van der Waals surface area contributed by atoms with Crippen LogP contribution in [0.3, 0.4) is 0 Å². The standard InChI is InChI=1S/C11H14BrCl/c1-8(6-7-13)10-4-3-5-11(12)9(10)2/h3-5,8H,6-7H2,1-2H3. The molecule has 0 saturated heterocycles. The average Bonchev–Trinajstić information content (AvgIpc) is 2.10. The minimum atomic E-state index is 0.551. The van der Waals surface area contributed by atoms with Crippen LogP contribution in [0.25, 0.3) is 0 Å². The summed E-state index contributed by atoms with van der Waals surface area (Å²) in [5, 5.41) is 0. The lowest BCUT2D eigenvalue weighted by Gasteiger charge is -2.14. The second-order valence-corrected chi connectivity index (χ2v) is 4.57. The first-order valence-corrected chi connectivity index (χ1v) is 5.80. The summed E-state index contributed by atoms with van der Waals surface area (Å²) < 4.78 is 1.19. The van der Waals surface area contributed by atoms with E-state index in [9.17, 15) is 0 Å². The molecule has 0 amide bonds. The molecule has 0 aliphatic rings. The van der Waals surface area contributed by atoms with Gasteiger partial charge in [0.25, 0.3) is 0 Å². The number of benzene rings is 1. The number of hydrogen-bond donors (Lipinski definition) is 0.